The van der Waals surface area contributed by atoms with E-state index in [0.717, 1.165) is 23.4 Å². The second-order valence-corrected chi connectivity index (χ2v) is 6.30. The maximum atomic E-state index is 12.1. The fraction of sp³-hybridized carbons (Fsp3) is 0.350. The minimum absolute atomic E-state index is 0. The molecule has 136 valence electrons. The van der Waals surface area contributed by atoms with Crippen LogP contribution in [0.15, 0.2) is 48.5 Å². The maximum Gasteiger partial charge on any atom is 0.228 e. The Morgan fingerprint density at radius 3 is 2.20 bits per heavy atom. The van der Waals surface area contributed by atoms with Gasteiger partial charge in [0.05, 0.1) is 6.42 Å². The van der Waals surface area contributed by atoms with Crippen LogP contribution in [0.25, 0.3) is 0 Å². The van der Waals surface area contributed by atoms with Gasteiger partial charge in [0.1, 0.15) is 12.4 Å². The predicted octanol–water partition coefficient (Wildman–Crippen LogP) is 3.83. The Labute approximate surface area is 156 Å². The molecule has 0 saturated heterocycles. The fourth-order valence-corrected chi connectivity index (χ4v) is 2.47. The number of hydrogen-bond donors (Lipinski definition) is 2. The monoisotopic (exact) mass is 362 g/mol. The number of nitrogens with one attached hydrogen (secondary N) is 1. The molecule has 0 aliphatic rings. The summed E-state index contributed by atoms with van der Waals surface area (Å²) in [6.45, 7) is 5.37. The van der Waals surface area contributed by atoms with E-state index < -0.39 is 0 Å². The molecule has 0 aromatic heterocycles. The summed E-state index contributed by atoms with van der Waals surface area (Å²) < 4.78 is 5.41. The minimum atomic E-state index is -0.0257. The smallest absolute Gasteiger partial charge is 0.228 e. The number of rotatable bonds is 8. The van der Waals surface area contributed by atoms with Crippen LogP contribution in [-0.2, 0) is 17.6 Å². The highest BCUT2D eigenvalue weighted by Crippen LogP contribution is 2.16. The lowest BCUT2D eigenvalue weighted by Crippen LogP contribution is -2.14. The van der Waals surface area contributed by atoms with Crippen molar-refractivity contribution in [2.24, 2.45) is 11.7 Å². The number of amides is 1. The van der Waals surface area contributed by atoms with Crippen LogP contribution in [0, 0.1) is 5.92 Å². The van der Waals surface area contributed by atoms with Crippen molar-refractivity contribution < 1.29 is 9.53 Å². The molecule has 2 aromatic rings. The number of carbonyl (C=O) groups is 1. The van der Waals surface area contributed by atoms with Crippen LogP contribution in [0.1, 0.15) is 25.0 Å². The van der Waals surface area contributed by atoms with E-state index in [0.29, 0.717) is 25.5 Å². The third-order valence-corrected chi connectivity index (χ3v) is 3.56. The first-order valence-corrected chi connectivity index (χ1v) is 8.37. The molecule has 2 aromatic carbocycles. The van der Waals surface area contributed by atoms with Gasteiger partial charge in [-0.15, -0.1) is 12.4 Å². The van der Waals surface area contributed by atoms with Gasteiger partial charge < -0.3 is 15.8 Å². The van der Waals surface area contributed by atoms with Crippen LogP contribution in [0.2, 0.25) is 0 Å². The Morgan fingerprint density at radius 2 is 1.64 bits per heavy atom. The van der Waals surface area contributed by atoms with Gasteiger partial charge in [0.2, 0.25) is 5.91 Å². The van der Waals surface area contributed by atoms with Gasteiger partial charge in [-0.3, -0.25) is 4.79 Å². The molecule has 0 saturated carbocycles. The normalized spacial score (nSPS) is 10.2. The zero-order valence-corrected chi connectivity index (χ0v) is 15.6. The van der Waals surface area contributed by atoms with Crippen molar-refractivity contribution >= 4 is 24.0 Å². The number of anilines is 1. The number of carbonyl (C=O) groups excluding carboxylic acids is 1. The van der Waals surface area contributed by atoms with Gasteiger partial charge in [0, 0.05) is 12.2 Å². The molecule has 25 heavy (non-hydrogen) atoms. The third-order valence-electron chi connectivity index (χ3n) is 3.56. The molecule has 0 bridgehead atoms. The summed E-state index contributed by atoms with van der Waals surface area (Å²) in [6, 6.07) is 15.6. The molecule has 1 amide bonds. The van der Waals surface area contributed by atoms with Gasteiger partial charge in [-0.25, -0.2) is 0 Å². The van der Waals surface area contributed by atoms with Gasteiger partial charge in [0.25, 0.3) is 0 Å². The van der Waals surface area contributed by atoms with E-state index in [-0.39, 0.29) is 18.3 Å². The highest BCUT2D eigenvalue weighted by Gasteiger charge is 2.05. The summed E-state index contributed by atoms with van der Waals surface area (Å²) in [5.41, 5.74) is 8.48. The van der Waals surface area contributed by atoms with Crippen LogP contribution in [0.5, 0.6) is 5.75 Å². The van der Waals surface area contributed by atoms with Crippen LogP contribution >= 0.6 is 12.4 Å². The van der Waals surface area contributed by atoms with E-state index in [2.05, 4.69) is 31.3 Å². The number of hydrogen-bond acceptors (Lipinski definition) is 3. The van der Waals surface area contributed by atoms with Gasteiger partial charge in [-0.2, -0.15) is 0 Å². The quantitative estimate of drug-likeness (QED) is 0.750. The third kappa shape index (κ3) is 7.59. The van der Waals surface area contributed by atoms with E-state index in [1.807, 2.05) is 36.4 Å². The minimum Gasteiger partial charge on any atom is -0.492 e. The molecule has 0 heterocycles. The average Bonchev–Trinajstić information content (AvgIpc) is 2.55. The first-order chi connectivity index (χ1) is 11.6. The number of benzene rings is 2. The number of nitrogens with two attached hydrogens (primary N) is 1. The highest BCUT2D eigenvalue weighted by atomic mass is 35.5. The average molecular weight is 363 g/mol. The Kier molecular flexibility index (Phi) is 9.03. The number of ether oxygens (including phenoxy) is 1. The molecule has 0 spiro atoms. The first-order valence-electron chi connectivity index (χ1n) is 8.37. The van der Waals surface area contributed by atoms with Crippen molar-refractivity contribution in [2.75, 3.05) is 18.5 Å². The van der Waals surface area contributed by atoms with Gasteiger partial charge in [0.15, 0.2) is 0 Å². The number of halogens is 1. The molecule has 0 unspecified atom stereocenters. The van der Waals surface area contributed by atoms with Crippen molar-refractivity contribution in [3.8, 4) is 5.75 Å². The Hall–Kier alpha value is -2.04. The van der Waals surface area contributed by atoms with E-state index >= 15 is 0 Å². The van der Waals surface area contributed by atoms with Crippen LogP contribution in [-0.4, -0.2) is 19.1 Å². The molecule has 0 aliphatic heterocycles. The summed E-state index contributed by atoms with van der Waals surface area (Å²) in [5, 5.41) is 2.90. The molecule has 2 rings (SSSR count). The van der Waals surface area contributed by atoms with E-state index in [1.165, 1.54) is 5.56 Å². The highest BCUT2D eigenvalue weighted by molar-refractivity contribution is 5.92. The van der Waals surface area contributed by atoms with E-state index in [1.54, 1.807) is 0 Å². The van der Waals surface area contributed by atoms with Crippen molar-refractivity contribution in [1.29, 1.82) is 0 Å². The van der Waals surface area contributed by atoms with Crippen molar-refractivity contribution in [3.63, 3.8) is 0 Å². The van der Waals surface area contributed by atoms with Gasteiger partial charge >= 0.3 is 0 Å². The van der Waals surface area contributed by atoms with Gasteiger partial charge in [-0.05, 0) is 47.7 Å². The van der Waals surface area contributed by atoms with Crippen LogP contribution in [0.4, 0.5) is 5.69 Å². The Balaban J connectivity index is 0.00000312. The topological polar surface area (TPSA) is 64.3 Å². The fourth-order valence-electron chi connectivity index (χ4n) is 2.47. The SMILES string of the molecule is CC(C)Cc1ccc(CC(=O)Nc2ccc(OCCN)cc2)cc1.Cl. The molecule has 4 nitrogen and oxygen atoms in total. The van der Waals surface area contributed by atoms with E-state index in [4.69, 9.17) is 10.5 Å². The lowest BCUT2D eigenvalue weighted by atomic mass is 10.0. The second-order valence-electron chi connectivity index (χ2n) is 6.30. The molecular formula is C20H27ClN2O2. The molecule has 3 N–H and O–H groups in total. The molecular weight excluding hydrogens is 336 g/mol. The zero-order valence-electron chi connectivity index (χ0n) is 14.8. The Morgan fingerprint density at radius 1 is 1.04 bits per heavy atom. The lowest BCUT2D eigenvalue weighted by molar-refractivity contribution is -0.115. The predicted molar refractivity (Wildman–Crippen MR) is 106 cm³/mol. The van der Waals surface area contributed by atoms with Crippen molar-refractivity contribution in [1.82, 2.24) is 0 Å². The van der Waals surface area contributed by atoms with Gasteiger partial charge in [-0.1, -0.05) is 38.1 Å². The molecule has 0 aliphatic carbocycles. The summed E-state index contributed by atoms with van der Waals surface area (Å²) in [5.74, 6) is 1.36. The van der Waals surface area contributed by atoms with Crippen LogP contribution in [0.3, 0.4) is 0 Å². The van der Waals surface area contributed by atoms with Crippen LogP contribution < -0.4 is 15.8 Å². The molecule has 0 atom stereocenters. The summed E-state index contributed by atoms with van der Waals surface area (Å²) in [6.07, 6.45) is 1.43. The second kappa shape index (κ2) is 10.7. The maximum absolute atomic E-state index is 12.1. The summed E-state index contributed by atoms with van der Waals surface area (Å²) in [4.78, 5) is 12.1. The summed E-state index contributed by atoms with van der Waals surface area (Å²) in [7, 11) is 0. The summed E-state index contributed by atoms with van der Waals surface area (Å²) >= 11 is 0. The molecule has 0 fully saturated rings. The molecule has 0 radical (unpaired) electrons. The van der Waals surface area contributed by atoms with Crippen molar-refractivity contribution in [2.45, 2.75) is 26.7 Å². The molecule has 5 heteroatoms. The van der Waals surface area contributed by atoms with E-state index in [9.17, 15) is 4.79 Å². The zero-order chi connectivity index (χ0) is 17.4. The lowest BCUT2D eigenvalue weighted by Gasteiger charge is -2.09. The Bertz CT molecular complexity index is 640. The first kappa shape index (κ1) is 21.0. The largest absolute Gasteiger partial charge is 0.492 e. The van der Waals surface area contributed by atoms with Crippen molar-refractivity contribution in [3.05, 3.63) is 59.7 Å². The standard InChI is InChI=1S/C20H26N2O2.ClH/c1-15(2)13-16-3-5-17(6-4-16)14-20(23)22-18-7-9-19(10-8-18)24-12-11-21;/h3-10,15H,11-14,21H2,1-2H3,(H,22,23);1H.